The molecule has 0 amide bonds. The number of aromatic nitrogens is 1. The van der Waals surface area contributed by atoms with Gasteiger partial charge in [0.15, 0.2) is 0 Å². The zero-order chi connectivity index (χ0) is 15.0. The maximum atomic E-state index is 11.1. The van der Waals surface area contributed by atoms with E-state index in [1.54, 1.807) is 7.05 Å². The third kappa shape index (κ3) is 2.29. The van der Waals surface area contributed by atoms with Crippen molar-refractivity contribution in [3.63, 3.8) is 0 Å². The van der Waals surface area contributed by atoms with Crippen molar-refractivity contribution in [1.29, 1.82) is 0 Å². The smallest absolute Gasteiger partial charge is 0.276 e. The lowest BCUT2D eigenvalue weighted by Gasteiger charge is -2.24. The highest BCUT2D eigenvalue weighted by Crippen LogP contribution is 2.38. The summed E-state index contributed by atoms with van der Waals surface area (Å²) in [5.74, 6) is 1.10. The van der Waals surface area contributed by atoms with E-state index in [1.165, 1.54) is 17.7 Å². The number of nitrogens with one attached hydrogen (secondary N) is 1. The van der Waals surface area contributed by atoms with Gasteiger partial charge in [-0.1, -0.05) is 18.2 Å². The summed E-state index contributed by atoms with van der Waals surface area (Å²) < 4.78 is 0. The van der Waals surface area contributed by atoms with E-state index in [1.807, 2.05) is 18.2 Å². The van der Waals surface area contributed by atoms with E-state index in [4.69, 9.17) is 0 Å². The first kappa shape index (κ1) is 13.4. The van der Waals surface area contributed by atoms with Crippen LogP contribution >= 0.6 is 0 Å². The van der Waals surface area contributed by atoms with Gasteiger partial charge in [-0.2, -0.15) is 0 Å². The molecule has 0 bridgehead atoms. The van der Waals surface area contributed by atoms with Crippen LogP contribution in [0.5, 0.6) is 0 Å². The van der Waals surface area contributed by atoms with Gasteiger partial charge in [-0.25, -0.2) is 4.98 Å². The molecular weight excluding hydrogens is 268 g/mol. The Morgan fingerprint density at radius 1 is 1.38 bits per heavy atom. The molecule has 0 aliphatic carbocycles. The monoisotopic (exact) mass is 284 g/mol. The van der Waals surface area contributed by atoms with Crippen molar-refractivity contribution < 1.29 is 4.92 Å². The summed E-state index contributed by atoms with van der Waals surface area (Å²) in [6.07, 6.45) is 0.912. The average molecular weight is 284 g/mol. The maximum Gasteiger partial charge on any atom is 0.276 e. The number of pyridine rings is 1. The number of nitro groups is 1. The SMILES string of the molecule is CNc1cc([N+](=O)[O-])cc(N2c3ccccc3CC2C)n1. The molecule has 1 N–H and O–H groups in total. The molecule has 0 saturated carbocycles. The summed E-state index contributed by atoms with van der Waals surface area (Å²) in [7, 11) is 1.71. The Labute approximate surface area is 122 Å². The van der Waals surface area contributed by atoms with Gasteiger partial charge < -0.3 is 10.2 Å². The van der Waals surface area contributed by atoms with Gasteiger partial charge in [0.25, 0.3) is 5.69 Å². The van der Waals surface area contributed by atoms with Gasteiger partial charge in [0.05, 0.1) is 17.1 Å². The molecule has 0 saturated heterocycles. The number of para-hydroxylation sites is 1. The van der Waals surface area contributed by atoms with Crippen LogP contribution in [0.3, 0.4) is 0 Å². The van der Waals surface area contributed by atoms with Crippen molar-refractivity contribution in [2.45, 2.75) is 19.4 Å². The molecule has 1 aliphatic rings. The third-order valence-corrected chi connectivity index (χ3v) is 3.72. The van der Waals surface area contributed by atoms with Crippen molar-refractivity contribution in [1.82, 2.24) is 4.98 Å². The van der Waals surface area contributed by atoms with Crippen LogP contribution in [0.2, 0.25) is 0 Å². The van der Waals surface area contributed by atoms with Crippen molar-refractivity contribution >= 4 is 23.0 Å². The third-order valence-electron chi connectivity index (χ3n) is 3.72. The summed E-state index contributed by atoms with van der Waals surface area (Å²) in [4.78, 5) is 17.2. The first-order valence-electron chi connectivity index (χ1n) is 6.81. The predicted molar refractivity (Wildman–Crippen MR) is 82.2 cm³/mol. The Hall–Kier alpha value is -2.63. The fraction of sp³-hybridized carbons (Fsp3) is 0.267. The van der Waals surface area contributed by atoms with Crippen LogP contribution in [0.1, 0.15) is 12.5 Å². The Morgan fingerprint density at radius 3 is 2.86 bits per heavy atom. The highest BCUT2D eigenvalue weighted by Gasteiger charge is 2.29. The van der Waals surface area contributed by atoms with Gasteiger partial charge in [0.1, 0.15) is 11.6 Å². The quantitative estimate of drug-likeness (QED) is 0.692. The van der Waals surface area contributed by atoms with E-state index in [-0.39, 0.29) is 11.7 Å². The fourth-order valence-electron chi connectivity index (χ4n) is 2.77. The molecule has 3 rings (SSSR count). The zero-order valence-electron chi connectivity index (χ0n) is 11.9. The Morgan fingerprint density at radius 2 is 2.14 bits per heavy atom. The van der Waals surface area contributed by atoms with Crippen molar-refractivity contribution in [2.24, 2.45) is 0 Å². The molecule has 2 aromatic rings. The first-order chi connectivity index (χ1) is 10.1. The molecule has 6 nitrogen and oxygen atoms in total. The molecule has 0 spiro atoms. The van der Waals surface area contributed by atoms with Gasteiger partial charge in [-0.3, -0.25) is 10.1 Å². The summed E-state index contributed by atoms with van der Waals surface area (Å²) in [6, 6.07) is 11.3. The molecule has 0 fully saturated rings. The van der Waals surface area contributed by atoms with E-state index in [0.717, 1.165) is 12.1 Å². The fourth-order valence-corrected chi connectivity index (χ4v) is 2.77. The Kier molecular flexibility index (Phi) is 3.21. The molecule has 2 heterocycles. The number of nitrogens with zero attached hydrogens (tertiary/aromatic N) is 3. The summed E-state index contributed by atoms with van der Waals surface area (Å²) in [6.45, 7) is 2.10. The number of benzene rings is 1. The van der Waals surface area contributed by atoms with Gasteiger partial charge >= 0.3 is 0 Å². The van der Waals surface area contributed by atoms with Crippen LogP contribution in [0.25, 0.3) is 0 Å². The second kappa shape index (κ2) is 5.05. The predicted octanol–water partition coefficient (Wildman–Crippen LogP) is 3.11. The summed E-state index contributed by atoms with van der Waals surface area (Å²) in [5.41, 5.74) is 2.35. The highest BCUT2D eigenvalue weighted by molar-refractivity contribution is 5.71. The standard InChI is InChI=1S/C15H16N4O2/c1-10-7-11-5-3-4-6-13(11)18(10)15-9-12(19(20)21)8-14(16-2)17-15/h3-6,8-10H,7H2,1-2H3,(H,16,17). The maximum absolute atomic E-state index is 11.1. The number of fused-ring (bicyclic) bond motifs is 1. The first-order valence-corrected chi connectivity index (χ1v) is 6.81. The molecule has 1 aromatic heterocycles. The second-order valence-corrected chi connectivity index (χ2v) is 5.13. The lowest BCUT2D eigenvalue weighted by atomic mass is 10.1. The van der Waals surface area contributed by atoms with Crippen molar-refractivity contribution in [2.75, 3.05) is 17.3 Å². The van der Waals surface area contributed by atoms with Crippen LogP contribution in [-0.2, 0) is 6.42 Å². The van der Waals surface area contributed by atoms with Crippen LogP contribution in [-0.4, -0.2) is 23.0 Å². The van der Waals surface area contributed by atoms with E-state index in [0.29, 0.717) is 11.6 Å². The Bertz CT molecular complexity index is 702. The van der Waals surface area contributed by atoms with E-state index in [9.17, 15) is 10.1 Å². The molecular formula is C15H16N4O2. The van der Waals surface area contributed by atoms with Gasteiger partial charge in [-0.15, -0.1) is 0 Å². The van der Waals surface area contributed by atoms with Crippen molar-refractivity contribution in [3.05, 3.63) is 52.1 Å². The molecule has 1 aliphatic heterocycles. The second-order valence-electron chi connectivity index (χ2n) is 5.13. The van der Waals surface area contributed by atoms with Gasteiger partial charge in [0.2, 0.25) is 0 Å². The average Bonchev–Trinajstić information content (AvgIpc) is 2.82. The number of anilines is 3. The summed E-state index contributed by atoms with van der Waals surface area (Å²) in [5, 5.41) is 14.0. The molecule has 1 aromatic carbocycles. The topological polar surface area (TPSA) is 71.3 Å². The van der Waals surface area contributed by atoms with Crippen LogP contribution in [0.15, 0.2) is 36.4 Å². The minimum atomic E-state index is -0.390. The lowest BCUT2D eigenvalue weighted by molar-refractivity contribution is -0.384. The molecule has 21 heavy (non-hydrogen) atoms. The largest absolute Gasteiger partial charge is 0.373 e. The molecule has 1 unspecified atom stereocenters. The lowest BCUT2D eigenvalue weighted by Crippen LogP contribution is -2.25. The van der Waals surface area contributed by atoms with Crippen LogP contribution < -0.4 is 10.2 Å². The Balaban J connectivity index is 2.12. The van der Waals surface area contributed by atoms with E-state index >= 15 is 0 Å². The van der Waals surface area contributed by atoms with E-state index in [2.05, 4.69) is 28.2 Å². The van der Waals surface area contributed by atoms with E-state index < -0.39 is 4.92 Å². The molecule has 0 radical (unpaired) electrons. The number of rotatable bonds is 3. The molecule has 6 heteroatoms. The van der Waals surface area contributed by atoms with Gasteiger partial charge in [0, 0.05) is 18.8 Å². The molecule has 1 atom stereocenters. The number of hydrogen-bond donors (Lipinski definition) is 1. The minimum Gasteiger partial charge on any atom is -0.373 e. The summed E-state index contributed by atoms with van der Waals surface area (Å²) >= 11 is 0. The van der Waals surface area contributed by atoms with Gasteiger partial charge in [-0.05, 0) is 25.0 Å². The normalized spacial score (nSPS) is 16.7. The zero-order valence-corrected chi connectivity index (χ0v) is 11.9. The highest BCUT2D eigenvalue weighted by atomic mass is 16.6. The minimum absolute atomic E-state index is 0.0425. The number of hydrogen-bond acceptors (Lipinski definition) is 5. The van der Waals surface area contributed by atoms with Crippen molar-refractivity contribution in [3.8, 4) is 0 Å². The molecule has 108 valence electrons. The van der Waals surface area contributed by atoms with Crippen LogP contribution in [0, 0.1) is 10.1 Å². The van der Waals surface area contributed by atoms with Crippen LogP contribution in [0.4, 0.5) is 23.0 Å².